The van der Waals surface area contributed by atoms with Gasteiger partial charge in [-0.05, 0) is 55.8 Å². The van der Waals surface area contributed by atoms with Crippen LogP contribution in [-0.4, -0.2) is 27.9 Å². The summed E-state index contributed by atoms with van der Waals surface area (Å²) in [6.45, 7) is 2.79. The number of rotatable bonds is 9. The number of nitrogens with zero attached hydrogens (tertiary/aromatic N) is 2. The number of amides is 2. The molecule has 0 bridgehead atoms. The van der Waals surface area contributed by atoms with Crippen molar-refractivity contribution in [2.75, 3.05) is 6.54 Å². The molecule has 0 saturated carbocycles. The predicted molar refractivity (Wildman–Crippen MR) is 136 cm³/mol. The summed E-state index contributed by atoms with van der Waals surface area (Å²) in [6.07, 6.45) is 2.09. The van der Waals surface area contributed by atoms with E-state index in [4.69, 9.17) is 4.42 Å². The maximum absolute atomic E-state index is 13.7. The predicted octanol–water partition coefficient (Wildman–Crippen LogP) is 5.59. The van der Waals surface area contributed by atoms with Gasteiger partial charge in [0.15, 0.2) is 0 Å². The summed E-state index contributed by atoms with van der Waals surface area (Å²) in [6, 6.07) is 12.1. The monoisotopic (exact) mass is 540 g/mol. The van der Waals surface area contributed by atoms with Crippen molar-refractivity contribution in [1.82, 2.24) is 20.2 Å². The fourth-order valence-corrected chi connectivity index (χ4v) is 3.66. The molecular weight excluding hydrogens is 516 g/mol. The average molecular weight is 541 g/mol. The van der Waals surface area contributed by atoms with Gasteiger partial charge >= 0.3 is 6.18 Å². The molecule has 2 heterocycles. The summed E-state index contributed by atoms with van der Waals surface area (Å²) in [7, 11) is 0. The standard InChI is InChI=1S/C28H24F4N4O3/c1-18-3-5-19(6-4-18)26(37)35-24(27(38)34-11-2-13-36-14-12-33-17-36)16-21-8-10-25(39-21)20-7-9-23(29)22(15-20)28(30,31)32/h3-10,12,14-17H,2,11,13H2,1H3,(H,34,38)(H,35,37). The van der Waals surface area contributed by atoms with Crippen LogP contribution >= 0.6 is 0 Å². The van der Waals surface area contributed by atoms with Gasteiger partial charge in [0, 0.05) is 42.7 Å². The van der Waals surface area contributed by atoms with Gasteiger partial charge in [-0.25, -0.2) is 9.37 Å². The average Bonchev–Trinajstić information content (AvgIpc) is 3.58. The van der Waals surface area contributed by atoms with Gasteiger partial charge in [0.2, 0.25) is 0 Å². The second-order valence-corrected chi connectivity index (χ2v) is 8.68. The highest BCUT2D eigenvalue weighted by atomic mass is 19.4. The summed E-state index contributed by atoms with van der Waals surface area (Å²) in [5.74, 6) is -2.40. The first-order valence-electron chi connectivity index (χ1n) is 11.9. The maximum atomic E-state index is 13.7. The minimum Gasteiger partial charge on any atom is -0.457 e. The number of carbonyl (C=O) groups is 2. The lowest BCUT2D eigenvalue weighted by Gasteiger charge is -2.11. The fraction of sp³-hybridized carbons (Fsp3) is 0.179. The van der Waals surface area contributed by atoms with Crippen LogP contribution in [0.15, 0.2) is 83.4 Å². The van der Waals surface area contributed by atoms with Crippen LogP contribution in [-0.2, 0) is 17.5 Å². The number of nitrogens with one attached hydrogen (secondary N) is 2. The first-order valence-corrected chi connectivity index (χ1v) is 11.9. The molecule has 0 spiro atoms. The van der Waals surface area contributed by atoms with E-state index >= 15 is 0 Å². The van der Waals surface area contributed by atoms with Crippen molar-refractivity contribution < 1.29 is 31.6 Å². The molecule has 2 aromatic carbocycles. The molecule has 2 N–H and O–H groups in total. The van der Waals surface area contributed by atoms with Crippen LogP contribution in [0.4, 0.5) is 17.6 Å². The molecule has 4 aromatic rings. The lowest BCUT2D eigenvalue weighted by atomic mass is 10.1. The van der Waals surface area contributed by atoms with Crippen LogP contribution in [0.3, 0.4) is 0 Å². The lowest BCUT2D eigenvalue weighted by Crippen LogP contribution is -2.35. The van der Waals surface area contributed by atoms with E-state index < -0.39 is 29.4 Å². The van der Waals surface area contributed by atoms with Gasteiger partial charge in [-0.2, -0.15) is 13.2 Å². The zero-order chi connectivity index (χ0) is 28.0. The number of halogens is 4. The molecule has 0 atom stereocenters. The molecule has 11 heteroatoms. The Morgan fingerprint density at radius 3 is 2.54 bits per heavy atom. The van der Waals surface area contributed by atoms with E-state index in [-0.39, 0.29) is 22.8 Å². The Bertz CT molecular complexity index is 1470. The maximum Gasteiger partial charge on any atom is 0.419 e. The van der Waals surface area contributed by atoms with Crippen LogP contribution < -0.4 is 10.6 Å². The van der Waals surface area contributed by atoms with E-state index in [0.717, 1.165) is 11.6 Å². The summed E-state index contributed by atoms with van der Waals surface area (Å²) in [4.78, 5) is 29.8. The van der Waals surface area contributed by atoms with Gasteiger partial charge in [-0.15, -0.1) is 0 Å². The van der Waals surface area contributed by atoms with Crippen molar-refractivity contribution in [3.05, 3.63) is 107 Å². The summed E-state index contributed by atoms with van der Waals surface area (Å²) in [5.41, 5.74) is -0.271. The van der Waals surface area contributed by atoms with E-state index in [1.54, 1.807) is 43.0 Å². The lowest BCUT2D eigenvalue weighted by molar-refractivity contribution is -0.140. The van der Waals surface area contributed by atoms with Crippen molar-refractivity contribution in [2.24, 2.45) is 0 Å². The molecule has 0 aliphatic carbocycles. The Labute approximate surface area is 221 Å². The molecule has 39 heavy (non-hydrogen) atoms. The van der Waals surface area contributed by atoms with Gasteiger partial charge in [-0.3, -0.25) is 9.59 Å². The zero-order valence-electron chi connectivity index (χ0n) is 20.8. The van der Waals surface area contributed by atoms with Gasteiger partial charge in [0.1, 0.15) is 23.0 Å². The number of aromatic nitrogens is 2. The van der Waals surface area contributed by atoms with Crippen molar-refractivity contribution in [2.45, 2.75) is 26.1 Å². The van der Waals surface area contributed by atoms with E-state index in [1.807, 2.05) is 11.5 Å². The Balaban J connectivity index is 1.55. The Morgan fingerprint density at radius 1 is 1.08 bits per heavy atom. The van der Waals surface area contributed by atoms with Gasteiger partial charge in [0.05, 0.1) is 11.9 Å². The Kier molecular flexibility index (Phi) is 8.28. The van der Waals surface area contributed by atoms with E-state index in [2.05, 4.69) is 15.6 Å². The van der Waals surface area contributed by atoms with Crippen LogP contribution in [0.5, 0.6) is 0 Å². The van der Waals surface area contributed by atoms with Gasteiger partial charge < -0.3 is 19.6 Å². The van der Waals surface area contributed by atoms with Crippen molar-refractivity contribution in [3.63, 3.8) is 0 Å². The Morgan fingerprint density at radius 2 is 1.85 bits per heavy atom. The number of carbonyl (C=O) groups excluding carboxylic acids is 2. The molecule has 0 aliphatic heterocycles. The number of aryl methyl sites for hydroxylation is 2. The molecule has 202 valence electrons. The number of benzene rings is 2. The summed E-state index contributed by atoms with van der Waals surface area (Å²) >= 11 is 0. The third-order valence-corrected chi connectivity index (χ3v) is 5.71. The van der Waals surface area contributed by atoms with Crippen LogP contribution in [0.1, 0.15) is 33.7 Å². The third-order valence-electron chi connectivity index (χ3n) is 5.71. The van der Waals surface area contributed by atoms with Crippen LogP contribution in [0.25, 0.3) is 17.4 Å². The van der Waals surface area contributed by atoms with Gasteiger partial charge in [-0.1, -0.05) is 17.7 Å². The third kappa shape index (κ3) is 7.22. The number of furan rings is 1. The van der Waals surface area contributed by atoms with E-state index in [0.29, 0.717) is 37.2 Å². The largest absolute Gasteiger partial charge is 0.457 e. The van der Waals surface area contributed by atoms with Crippen molar-refractivity contribution >= 4 is 17.9 Å². The van der Waals surface area contributed by atoms with Crippen LogP contribution in [0.2, 0.25) is 0 Å². The number of imidazole rings is 1. The molecule has 0 fully saturated rings. The highest BCUT2D eigenvalue weighted by Crippen LogP contribution is 2.34. The van der Waals surface area contributed by atoms with Crippen molar-refractivity contribution in [3.8, 4) is 11.3 Å². The first kappa shape index (κ1) is 27.4. The molecule has 0 aliphatic rings. The smallest absolute Gasteiger partial charge is 0.419 e. The molecule has 0 radical (unpaired) electrons. The first-order chi connectivity index (χ1) is 18.6. The molecule has 7 nitrogen and oxygen atoms in total. The SMILES string of the molecule is Cc1ccc(C(=O)NC(=Cc2ccc(-c3ccc(F)c(C(F)(F)F)c3)o2)C(=O)NCCCn2ccnc2)cc1. The normalized spacial score (nSPS) is 11.9. The van der Waals surface area contributed by atoms with Crippen LogP contribution in [0, 0.1) is 12.7 Å². The number of alkyl halides is 3. The molecular formula is C28H24F4N4O3. The second-order valence-electron chi connectivity index (χ2n) is 8.68. The zero-order valence-corrected chi connectivity index (χ0v) is 20.8. The molecule has 0 saturated heterocycles. The minimum atomic E-state index is -4.88. The molecule has 2 amide bonds. The molecule has 2 aromatic heterocycles. The molecule has 4 rings (SSSR count). The fourth-order valence-electron chi connectivity index (χ4n) is 3.66. The number of hydrogen-bond donors (Lipinski definition) is 2. The minimum absolute atomic E-state index is 0.00225. The quantitative estimate of drug-likeness (QED) is 0.165. The summed E-state index contributed by atoms with van der Waals surface area (Å²) < 4.78 is 60.6. The van der Waals surface area contributed by atoms with E-state index in [9.17, 15) is 27.2 Å². The van der Waals surface area contributed by atoms with E-state index in [1.165, 1.54) is 18.2 Å². The second kappa shape index (κ2) is 11.8. The topological polar surface area (TPSA) is 89.2 Å². The number of hydrogen-bond acceptors (Lipinski definition) is 4. The van der Waals surface area contributed by atoms with Crippen molar-refractivity contribution in [1.29, 1.82) is 0 Å². The van der Waals surface area contributed by atoms with Gasteiger partial charge in [0.25, 0.3) is 11.8 Å². The Hall–Kier alpha value is -4.67. The molecule has 0 unspecified atom stereocenters. The summed E-state index contributed by atoms with van der Waals surface area (Å²) in [5, 5.41) is 5.31. The highest BCUT2D eigenvalue weighted by molar-refractivity contribution is 6.05. The highest BCUT2D eigenvalue weighted by Gasteiger charge is 2.34.